The molecule has 0 aromatic heterocycles. The number of ether oxygens (including phenoxy) is 1. The van der Waals surface area contributed by atoms with Gasteiger partial charge in [0.1, 0.15) is 0 Å². The Kier molecular flexibility index (Phi) is 9.06. The van der Waals surface area contributed by atoms with Crippen molar-refractivity contribution < 1.29 is 18.1 Å². The quantitative estimate of drug-likeness (QED) is 0.506. The zero-order valence-electron chi connectivity index (χ0n) is 13.0. The number of unbranched alkanes of at least 4 members (excludes halogenated alkanes) is 1. The highest BCUT2D eigenvalue weighted by molar-refractivity contribution is 7.89. The number of nitrogens with one attached hydrogen (secondary N) is 1. The van der Waals surface area contributed by atoms with Gasteiger partial charge in [-0.15, -0.1) is 12.4 Å². The molecule has 0 spiro atoms. The van der Waals surface area contributed by atoms with E-state index >= 15 is 0 Å². The number of hydrogen-bond donors (Lipinski definition) is 2. The van der Waals surface area contributed by atoms with Gasteiger partial charge in [-0.25, -0.2) is 13.1 Å². The highest BCUT2D eigenvalue weighted by Gasteiger charge is 2.24. The van der Waals surface area contributed by atoms with Gasteiger partial charge in [0.15, 0.2) is 5.75 Å². The first-order valence-electron chi connectivity index (χ1n) is 6.90. The number of rotatable bonds is 9. The molecular formula is C13H22ClN3O5S. The normalized spacial score (nSPS) is 12.3. The maximum Gasteiger partial charge on any atom is 0.312 e. The van der Waals surface area contributed by atoms with Gasteiger partial charge in [-0.2, -0.15) is 0 Å². The van der Waals surface area contributed by atoms with Crippen molar-refractivity contribution in [3.8, 4) is 5.75 Å². The first-order chi connectivity index (χ1) is 10.4. The van der Waals surface area contributed by atoms with Crippen LogP contribution in [0.2, 0.25) is 0 Å². The summed E-state index contributed by atoms with van der Waals surface area (Å²) in [4.78, 5) is 10.1. The third-order valence-corrected chi connectivity index (χ3v) is 4.69. The lowest BCUT2D eigenvalue weighted by Gasteiger charge is -2.16. The average molecular weight is 368 g/mol. The molecule has 132 valence electrons. The van der Waals surface area contributed by atoms with Gasteiger partial charge in [0.05, 0.1) is 16.9 Å². The minimum absolute atomic E-state index is 0. The van der Waals surface area contributed by atoms with Gasteiger partial charge in [-0.3, -0.25) is 10.1 Å². The molecule has 0 aliphatic carbocycles. The number of hydrogen-bond acceptors (Lipinski definition) is 6. The van der Waals surface area contributed by atoms with Crippen molar-refractivity contribution in [3.63, 3.8) is 0 Å². The van der Waals surface area contributed by atoms with Gasteiger partial charge in [0.25, 0.3) is 0 Å². The number of halogens is 1. The summed E-state index contributed by atoms with van der Waals surface area (Å²) in [5.41, 5.74) is 5.17. The van der Waals surface area contributed by atoms with Crippen molar-refractivity contribution in [3.05, 3.63) is 28.3 Å². The van der Waals surface area contributed by atoms with Gasteiger partial charge in [0, 0.05) is 18.7 Å². The summed E-state index contributed by atoms with van der Waals surface area (Å²) < 4.78 is 32.0. The third-order valence-electron chi connectivity index (χ3n) is 3.17. The fourth-order valence-electron chi connectivity index (χ4n) is 1.94. The Morgan fingerprint density at radius 1 is 1.43 bits per heavy atom. The molecule has 0 radical (unpaired) electrons. The van der Waals surface area contributed by atoms with Crippen LogP contribution in [0.4, 0.5) is 5.69 Å². The molecule has 0 bridgehead atoms. The number of nitro groups is 1. The van der Waals surface area contributed by atoms with Crippen LogP contribution in [0.1, 0.15) is 26.2 Å². The number of nitrogens with two attached hydrogens (primary N) is 1. The summed E-state index contributed by atoms with van der Waals surface area (Å²) >= 11 is 0. The Balaban J connectivity index is 0.00000484. The molecule has 0 amide bonds. The molecule has 1 rings (SSSR count). The summed E-state index contributed by atoms with van der Waals surface area (Å²) in [6.45, 7) is 2.16. The Morgan fingerprint density at radius 3 is 2.57 bits per heavy atom. The lowest BCUT2D eigenvalue weighted by atomic mass is 10.1. The van der Waals surface area contributed by atoms with E-state index < -0.39 is 26.7 Å². The van der Waals surface area contributed by atoms with Crippen LogP contribution in [0.5, 0.6) is 5.75 Å². The third kappa shape index (κ3) is 5.94. The molecule has 8 nitrogen and oxygen atoms in total. The fourth-order valence-corrected chi connectivity index (χ4v) is 3.25. The fraction of sp³-hybridized carbons (Fsp3) is 0.538. The lowest BCUT2D eigenvalue weighted by molar-refractivity contribution is -0.386. The maximum atomic E-state index is 12.3. The summed E-state index contributed by atoms with van der Waals surface area (Å²) in [5.74, 6) is 0.00491. The van der Waals surface area contributed by atoms with E-state index in [-0.39, 0.29) is 29.6 Å². The van der Waals surface area contributed by atoms with Crippen LogP contribution < -0.4 is 15.2 Å². The summed E-state index contributed by atoms with van der Waals surface area (Å²) in [7, 11) is -2.59. The number of nitrogens with zero attached hydrogens (tertiary/aromatic N) is 1. The van der Waals surface area contributed by atoms with Gasteiger partial charge >= 0.3 is 5.69 Å². The molecule has 1 atom stereocenters. The Morgan fingerprint density at radius 2 is 2.09 bits per heavy atom. The Bertz CT molecular complexity index is 624. The predicted molar refractivity (Wildman–Crippen MR) is 89.6 cm³/mol. The summed E-state index contributed by atoms with van der Waals surface area (Å²) in [6.07, 6.45) is 2.38. The van der Waals surface area contributed by atoms with Crippen LogP contribution in [0.25, 0.3) is 0 Å². The molecule has 0 heterocycles. The summed E-state index contributed by atoms with van der Waals surface area (Å²) in [6, 6.07) is 3.11. The molecule has 23 heavy (non-hydrogen) atoms. The van der Waals surface area contributed by atoms with Crippen molar-refractivity contribution in [1.29, 1.82) is 0 Å². The van der Waals surface area contributed by atoms with E-state index in [4.69, 9.17) is 10.5 Å². The zero-order valence-corrected chi connectivity index (χ0v) is 14.7. The molecule has 0 fully saturated rings. The highest BCUT2D eigenvalue weighted by Crippen LogP contribution is 2.29. The average Bonchev–Trinajstić information content (AvgIpc) is 2.50. The van der Waals surface area contributed by atoms with Crippen molar-refractivity contribution in [1.82, 2.24) is 4.72 Å². The molecule has 10 heteroatoms. The molecule has 0 saturated carbocycles. The van der Waals surface area contributed by atoms with E-state index in [9.17, 15) is 18.5 Å². The summed E-state index contributed by atoms with van der Waals surface area (Å²) in [5, 5.41) is 11.0. The van der Waals surface area contributed by atoms with E-state index in [1.54, 1.807) is 0 Å². The van der Waals surface area contributed by atoms with Gasteiger partial charge in [-0.05, 0) is 18.6 Å². The van der Waals surface area contributed by atoms with E-state index in [0.717, 1.165) is 18.9 Å². The molecule has 1 unspecified atom stereocenters. The SMILES string of the molecule is CCCCC(CN)NS(=O)(=O)c1ccc(OC)c([N+](=O)[O-])c1.Cl. The Labute approximate surface area is 142 Å². The number of methoxy groups -OCH3 is 1. The van der Waals surface area contributed by atoms with Gasteiger partial charge < -0.3 is 10.5 Å². The van der Waals surface area contributed by atoms with Crippen molar-refractivity contribution in [2.24, 2.45) is 5.73 Å². The lowest BCUT2D eigenvalue weighted by Crippen LogP contribution is -2.40. The molecule has 0 aliphatic rings. The van der Waals surface area contributed by atoms with Crippen LogP contribution >= 0.6 is 12.4 Å². The second-order valence-corrected chi connectivity index (χ2v) is 6.50. The van der Waals surface area contributed by atoms with Crippen LogP contribution in [0.3, 0.4) is 0 Å². The smallest absolute Gasteiger partial charge is 0.312 e. The first-order valence-corrected chi connectivity index (χ1v) is 8.38. The van der Waals surface area contributed by atoms with E-state index in [1.165, 1.54) is 19.2 Å². The van der Waals surface area contributed by atoms with Crippen molar-refractivity contribution in [2.75, 3.05) is 13.7 Å². The van der Waals surface area contributed by atoms with Crippen LogP contribution in [0, 0.1) is 10.1 Å². The topological polar surface area (TPSA) is 125 Å². The van der Waals surface area contributed by atoms with Crippen molar-refractivity contribution in [2.45, 2.75) is 37.1 Å². The zero-order chi connectivity index (χ0) is 16.8. The Hall–Kier alpha value is -1.42. The standard InChI is InChI=1S/C13H21N3O5S.ClH/c1-3-4-5-10(9-14)15-22(19,20)11-6-7-13(21-2)12(8-11)16(17)18;/h6-8,10,15H,3-5,9,14H2,1-2H3;1H. The number of benzene rings is 1. The van der Waals surface area contributed by atoms with Gasteiger partial charge in [-0.1, -0.05) is 19.8 Å². The molecule has 3 N–H and O–H groups in total. The van der Waals surface area contributed by atoms with Crippen LogP contribution in [-0.2, 0) is 10.0 Å². The van der Waals surface area contributed by atoms with E-state index in [2.05, 4.69) is 4.72 Å². The first kappa shape index (κ1) is 21.6. The number of sulfonamides is 1. The van der Waals surface area contributed by atoms with Crippen molar-refractivity contribution >= 4 is 28.1 Å². The second-order valence-electron chi connectivity index (χ2n) is 4.79. The second kappa shape index (κ2) is 9.66. The molecule has 1 aromatic rings. The molecule has 0 aliphatic heterocycles. The number of nitro benzene ring substituents is 1. The van der Waals surface area contributed by atoms with Crippen LogP contribution in [-0.4, -0.2) is 33.0 Å². The minimum atomic E-state index is -3.87. The molecular weight excluding hydrogens is 346 g/mol. The maximum absolute atomic E-state index is 12.3. The van der Waals surface area contributed by atoms with Crippen LogP contribution in [0.15, 0.2) is 23.1 Å². The molecule has 0 saturated heterocycles. The monoisotopic (exact) mass is 367 g/mol. The largest absolute Gasteiger partial charge is 0.490 e. The predicted octanol–water partition coefficient (Wildman–Crippen LogP) is 1.82. The van der Waals surface area contributed by atoms with Gasteiger partial charge in [0.2, 0.25) is 10.0 Å². The van der Waals surface area contributed by atoms with E-state index in [0.29, 0.717) is 6.42 Å². The van der Waals surface area contributed by atoms with E-state index in [1.807, 2.05) is 6.92 Å². The molecule has 1 aromatic carbocycles. The highest BCUT2D eigenvalue weighted by atomic mass is 35.5. The minimum Gasteiger partial charge on any atom is -0.490 e.